The number of ether oxygens (including phenoxy) is 1. The number of carbonyl (C=O) groups excluding carboxylic acids is 1. The number of nitro benzene ring substituents is 1. The third-order valence-electron chi connectivity index (χ3n) is 4.02. The number of nitro groups is 1. The Morgan fingerprint density at radius 3 is 2.57 bits per heavy atom. The third-order valence-corrected chi connectivity index (χ3v) is 4.55. The SMILES string of the molecule is CN(Cc1ccc(-c2ccc(Br)cc2)o1)C(=O)COc1ccccc1[N+](=O)[O-]. The number of para-hydroxylation sites is 2. The molecule has 3 aromatic rings. The zero-order chi connectivity index (χ0) is 20.1. The first-order chi connectivity index (χ1) is 13.4. The molecule has 0 aliphatic carbocycles. The minimum atomic E-state index is -0.546. The number of likely N-dealkylation sites (N-methyl/N-ethyl adjacent to an activating group) is 1. The molecule has 0 atom stereocenters. The van der Waals surface area contributed by atoms with Gasteiger partial charge in [-0.2, -0.15) is 0 Å². The van der Waals surface area contributed by atoms with Crippen LogP contribution in [-0.4, -0.2) is 29.4 Å². The molecule has 0 fully saturated rings. The van der Waals surface area contributed by atoms with Crippen molar-refractivity contribution >= 4 is 27.5 Å². The minimum absolute atomic E-state index is 0.0600. The second kappa shape index (κ2) is 8.71. The van der Waals surface area contributed by atoms with Gasteiger partial charge in [0, 0.05) is 23.2 Å². The van der Waals surface area contributed by atoms with E-state index in [1.807, 2.05) is 36.4 Å². The molecule has 8 heteroatoms. The Morgan fingerprint density at radius 2 is 1.86 bits per heavy atom. The standard InChI is InChI=1S/C20H17BrN2O5/c1-22(20(24)13-27-19-5-3-2-4-17(19)23(25)26)12-16-10-11-18(28-16)14-6-8-15(21)9-7-14/h2-11H,12-13H2,1H3. The van der Waals surface area contributed by atoms with Gasteiger partial charge in [-0.15, -0.1) is 0 Å². The van der Waals surface area contributed by atoms with Gasteiger partial charge in [0.15, 0.2) is 12.4 Å². The number of hydrogen-bond donors (Lipinski definition) is 0. The molecule has 0 unspecified atom stereocenters. The number of rotatable bonds is 7. The number of benzene rings is 2. The first kappa shape index (κ1) is 19.6. The van der Waals surface area contributed by atoms with Crippen LogP contribution in [0.4, 0.5) is 5.69 Å². The Balaban J connectivity index is 1.59. The van der Waals surface area contributed by atoms with Crippen LogP contribution in [0.25, 0.3) is 11.3 Å². The summed E-state index contributed by atoms with van der Waals surface area (Å²) < 4.78 is 12.1. The molecule has 0 bridgehead atoms. The maximum Gasteiger partial charge on any atom is 0.310 e. The summed E-state index contributed by atoms with van der Waals surface area (Å²) in [7, 11) is 1.62. The van der Waals surface area contributed by atoms with Crippen LogP contribution in [0.3, 0.4) is 0 Å². The molecule has 0 saturated heterocycles. The van der Waals surface area contributed by atoms with Gasteiger partial charge in [-0.05, 0) is 30.3 Å². The molecule has 2 aromatic carbocycles. The zero-order valence-electron chi connectivity index (χ0n) is 15.0. The maximum atomic E-state index is 12.3. The highest BCUT2D eigenvalue weighted by Gasteiger charge is 2.17. The van der Waals surface area contributed by atoms with Crippen LogP contribution in [0.15, 0.2) is 69.6 Å². The molecule has 0 N–H and O–H groups in total. The van der Waals surface area contributed by atoms with Gasteiger partial charge in [0.1, 0.15) is 11.5 Å². The van der Waals surface area contributed by atoms with E-state index in [2.05, 4.69) is 15.9 Å². The second-order valence-corrected chi connectivity index (χ2v) is 6.95. The summed E-state index contributed by atoms with van der Waals surface area (Å²) in [6, 6.07) is 17.3. The minimum Gasteiger partial charge on any atom is -0.477 e. The molecule has 1 aromatic heterocycles. The first-order valence-corrected chi connectivity index (χ1v) is 9.18. The van der Waals surface area contributed by atoms with Crippen molar-refractivity contribution in [3.8, 4) is 17.1 Å². The fourth-order valence-corrected chi connectivity index (χ4v) is 2.80. The van der Waals surface area contributed by atoms with E-state index >= 15 is 0 Å². The highest BCUT2D eigenvalue weighted by molar-refractivity contribution is 9.10. The number of halogens is 1. The Bertz CT molecular complexity index is 984. The van der Waals surface area contributed by atoms with Crippen molar-refractivity contribution in [2.24, 2.45) is 0 Å². The molecule has 0 radical (unpaired) electrons. The summed E-state index contributed by atoms with van der Waals surface area (Å²) in [5.41, 5.74) is 0.756. The Kier molecular flexibility index (Phi) is 6.10. The zero-order valence-corrected chi connectivity index (χ0v) is 16.6. The van der Waals surface area contributed by atoms with Gasteiger partial charge in [-0.3, -0.25) is 14.9 Å². The molecule has 1 heterocycles. The summed E-state index contributed by atoms with van der Waals surface area (Å²) in [4.78, 5) is 24.2. The summed E-state index contributed by atoms with van der Waals surface area (Å²) in [6.45, 7) is -0.0444. The molecule has 3 rings (SSSR count). The Hall–Kier alpha value is -3.13. The quantitative estimate of drug-likeness (QED) is 0.390. The molecule has 0 aliphatic heterocycles. The van der Waals surface area contributed by atoms with E-state index in [4.69, 9.17) is 9.15 Å². The normalized spacial score (nSPS) is 10.5. The molecular weight excluding hydrogens is 428 g/mol. The van der Waals surface area contributed by atoms with E-state index < -0.39 is 4.92 Å². The van der Waals surface area contributed by atoms with E-state index in [-0.39, 0.29) is 30.5 Å². The summed E-state index contributed by atoms with van der Waals surface area (Å²) in [5.74, 6) is 1.07. The number of hydrogen-bond acceptors (Lipinski definition) is 5. The Morgan fingerprint density at radius 1 is 1.14 bits per heavy atom. The van der Waals surface area contributed by atoms with Crippen molar-refractivity contribution in [1.82, 2.24) is 4.90 Å². The maximum absolute atomic E-state index is 12.3. The van der Waals surface area contributed by atoms with Crippen LogP contribution >= 0.6 is 15.9 Å². The van der Waals surface area contributed by atoms with Crippen molar-refractivity contribution in [3.05, 3.63) is 81.0 Å². The van der Waals surface area contributed by atoms with E-state index in [9.17, 15) is 14.9 Å². The summed E-state index contributed by atoms with van der Waals surface area (Å²) in [6.07, 6.45) is 0. The van der Waals surface area contributed by atoms with Gasteiger partial charge in [0.25, 0.3) is 5.91 Å². The topological polar surface area (TPSA) is 85.8 Å². The smallest absolute Gasteiger partial charge is 0.310 e. The molecule has 7 nitrogen and oxygen atoms in total. The highest BCUT2D eigenvalue weighted by atomic mass is 79.9. The lowest BCUT2D eigenvalue weighted by Gasteiger charge is -2.16. The first-order valence-electron chi connectivity index (χ1n) is 8.39. The van der Waals surface area contributed by atoms with Gasteiger partial charge in [-0.1, -0.05) is 40.2 Å². The lowest BCUT2D eigenvalue weighted by molar-refractivity contribution is -0.385. The monoisotopic (exact) mass is 444 g/mol. The van der Waals surface area contributed by atoms with Crippen molar-refractivity contribution < 1.29 is 18.9 Å². The van der Waals surface area contributed by atoms with E-state index in [1.54, 1.807) is 19.2 Å². The van der Waals surface area contributed by atoms with Crippen LogP contribution in [0, 0.1) is 10.1 Å². The fraction of sp³-hybridized carbons (Fsp3) is 0.150. The van der Waals surface area contributed by atoms with Crippen molar-refractivity contribution in [2.75, 3.05) is 13.7 Å². The average Bonchev–Trinajstić information content (AvgIpc) is 3.15. The highest BCUT2D eigenvalue weighted by Crippen LogP contribution is 2.26. The van der Waals surface area contributed by atoms with Gasteiger partial charge >= 0.3 is 5.69 Å². The molecule has 28 heavy (non-hydrogen) atoms. The fourth-order valence-electron chi connectivity index (χ4n) is 2.53. The molecular formula is C20H17BrN2O5. The molecule has 0 saturated carbocycles. The van der Waals surface area contributed by atoms with Crippen LogP contribution in [0.2, 0.25) is 0 Å². The van der Waals surface area contributed by atoms with Crippen LogP contribution in [-0.2, 0) is 11.3 Å². The van der Waals surface area contributed by atoms with Gasteiger partial charge in [0.2, 0.25) is 0 Å². The second-order valence-electron chi connectivity index (χ2n) is 6.04. The lowest BCUT2D eigenvalue weighted by Crippen LogP contribution is -2.30. The number of carbonyl (C=O) groups is 1. The summed E-state index contributed by atoms with van der Waals surface area (Å²) in [5, 5.41) is 11.0. The largest absolute Gasteiger partial charge is 0.477 e. The predicted octanol–water partition coefficient (Wildman–Crippen LogP) is 4.65. The summed E-state index contributed by atoms with van der Waals surface area (Å²) >= 11 is 3.39. The van der Waals surface area contributed by atoms with Crippen LogP contribution in [0.1, 0.15) is 5.76 Å². The lowest BCUT2D eigenvalue weighted by atomic mass is 10.2. The van der Waals surface area contributed by atoms with Gasteiger partial charge < -0.3 is 14.1 Å². The average molecular weight is 445 g/mol. The van der Waals surface area contributed by atoms with E-state index in [0.717, 1.165) is 10.0 Å². The number of nitrogens with zero attached hydrogens (tertiary/aromatic N) is 2. The van der Waals surface area contributed by atoms with Crippen molar-refractivity contribution in [2.45, 2.75) is 6.54 Å². The number of furan rings is 1. The van der Waals surface area contributed by atoms with Crippen LogP contribution in [0.5, 0.6) is 5.75 Å². The van der Waals surface area contributed by atoms with Crippen molar-refractivity contribution in [3.63, 3.8) is 0 Å². The molecule has 1 amide bonds. The van der Waals surface area contributed by atoms with E-state index in [0.29, 0.717) is 11.5 Å². The van der Waals surface area contributed by atoms with E-state index in [1.165, 1.54) is 17.0 Å². The molecule has 0 aliphatic rings. The van der Waals surface area contributed by atoms with Gasteiger partial charge in [0.05, 0.1) is 11.5 Å². The Labute approximate surface area is 169 Å². The molecule has 144 valence electrons. The molecule has 0 spiro atoms. The van der Waals surface area contributed by atoms with Gasteiger partial charge in [-0.25, -0.2) is 0 Å². The third kappa shape index (κ3) is 4.77. The van der Waals surface area contributed by atoms with Crippen molar-refractivity contribution in [1.29, 1.82) is 0 Å². The number of amides is 1. The predicted molar refractivity (Wildman–Crippen MR) is 107 cm³/mol. The van der Waals surface area contributed by atoms with Crippen LogP contribution < -0.4 is 4.74 Å².